The average Bonchev–Trinajstić information content (AvgIpc) is 1.00. The molecule has 0 aliphatic rings. The first kappa shape index (κ1) is 18.3. The summed E-state index contributed by atoms with van der Waals surface area (Å²) < 4.78 is 7.75. The van der Waals surface area contributed by atoms with Crippen molar-refractivity contribution < 1.29 is 24.2 Å². The second-order valence-electron chi connectivity index (χ2n) is 0. The fourth-order valence-corrected chi connectivity index (χ4v) is 0. The van der Waals surface area contributed by atoms with E-state index in [1.165, 1.54) is 0 Å². The van der Waals surface area contributed by atoms with Crippen molar-refractivity contribution in [1.82, 2.24) is 0 Å². The molecule has 0 aromatic heterocycles. The van der Waals surface area contributed by atoms with E-state index in [-0.39, 0.29) is 45.7 Å². The maximum absolute atomic E-state index is 7.75. The van der Waals surface area contributed by atoms with Crippen molar-refractivity contribution in [3.05, 3.63) is 0 Å². The van der Waals surface area contributed by atoms with Gasteiger partial charge in [-0.3, -0.25) is 0 Å². The van der Waals surface area contributed by atoms with Crippen LogP contribution in [0.2, 0.25) is 0 Å². The van der Waals surface area contributed by atoms with Crippen LogP contribution in [0.15, 0.2) is 0 Å². The summed E-state index contributed by atoms with van der Waals surface area (Å²) in [6.07, 6.45) is 0. The summed E-state index contributed by atoms with van der Waals surface area (Å²) in [5, 5.41) is 0. The van der Waals surface area contributed by atoms with Gasteiger partial charge in [0.25, 0.3) is 0 Å². The molecule has 0 rings (SSSR count). The van der Waals surface area contributed by atoms with Crippen LogP contribution in [0.4, 0.5) is 0 Å². The Kier molecular flexibility index (Phi) is 121. The third-order valence-electron chi connectivity index (χ3n) is 0. The Balaban J connectivity index is -0.00000000500. The Morgan fingerprint density at radius 3 is 1.25 bits per heavy atom. The van der Waals surface area contributed by atoms with Crippen LogP contribution in [-0.4, -0.2) is 33.9 Å². The molecule has 4 heavy (non-hydrogen) atoms. The summed E-state index contributed by atoms with van der Waals surface area (Å²) in [5.74, 6) is 0. The summed E-state index contributed by atoms with van der Waals surface area (Å²) in [7, 11) is 3.25. The molecule has 0 saturated carbocycles. The van der Waals surface area contributed by atoms with E-state index in [9.17, 15) is 0 Å². The first-order valence-corrected chi connectivity index (χ1v) is 0.236. The van der Waals surface area contributed by atoms with Gasteiger partial charge in [-0.05, 0) is 0 Å². The normalized spacial score (nSPS) is 0.750. The van der Waals surface area contributed by atoms with Crippen LogP contribution in [-0.2, 0) is 24.2 Å². The van der Waals surface area contributed by atoms with Crippen LogP contribution < -0.4 is 0 Å². The molecule has 0 atom stereocenters. The molecule has 0 bridgehead atoms. The molecule has 1 nitrogen and oxygen atoms in total. The van der Waals surface area contributed by atoms with Crippen molar-refractivity contribution in [2.24, 2.45) is 0 Å². The van der Waals surface area contributed by atoms with Crippen LogP contribution in [0.1, 0.15) is 0 Å². The Morgan fingerprint density at radius 1 is 1.25 bits per heavy atom. The first-order valence-electron chi connectivity index (χ1n) is 0.236. The number of hydrogen-bond acceptors (Lipinski definition) is 1. The van der Waals surface area contributed by atoms with E-state index in [4.69, 9.17) is 4.70 Å². The van der Waals surface area contributed by atoms with Crippen molar-refractivity contribution in [2.45, 2.75) is 0 Å². The van der Waals surface area contributed by atoms with E-state index >= 15 is 0 Å². The molecule has 0 aliphatic heterocycles. The molecule has 0 amide bonds. The second-order valence-corrected chi connectivity index (χ2v) is 0. The molecule has 0 aliphatic carbocycles. The molecule has 0 spiro atoms. The van der Waals surface area contributed by atoms with Crippen LogP contribution in [0.5, 0.6) is 0 Å². The fourth-order valence-electron chi connectivity index (χ4n) is 0. The minimum atomic E-state index is 0. The van der Waals surface area contributed by atoms with E-state index in [0.717, 1.165) is 0 Å². The smallest absolute Gasteiger partial charge is 0 e. The van der Waals surface area contributed by atoms with Gasteiger partial charge in [-0.25, -0.2) is 0 Å². The predicted octanol–water partition coefficient (Wildman–Crippen LogP) is -0.883. The van der Waals surface area contributed by atoms with Gasteiger partial charge < -0.3 is 0 Å². The third kappa shape index (κ3) is 10.1. The minimum absolute atomic E-state index is 0. The number of rotatable bonds is 0. The molecular weight excluding hydrogens is 301 g/mol. The van der Waals surface area contributed by atoms with E-state index in [0.29, 0.717) is 0 Å². The average molecular weight is 301 g/mol. The molecule has 0 aromatic rings. The second kappa shape index (κ2) is 26.4. The molecular formula is BBiOZn. The van der Waals surface area contributed by atoms with Crippen LogP contribution in [0, 0.1) is 0 Å². The van der Waals surface area contributed by atoms with Gasteiger partial charge in [0.1, 0.15) is 0 Å². The van der Waals surface area contributed by atoms with Crippen LogP contribution in [0.25, 0.3) is 0 Å². The van der Waals surface area contributed by atoms with Crippen LogP contribution >= 0.6 is 0 Å². The minimum Gasteiger partial charge on any atom is 0 e. The van der Waals surface area contributed by atoms with Gasteiger partial charge in [0.15, 0.2) is 0 Å². The van der Waals surface area contributed by atoms with Crippen molar-refractivity contribution in [2.75, 3.05) is 0 Å². The Labute approximate surface area is 57.8 Å². The summed E-state index contributed by atoms with van der Waals surface area (Å²) in [4.78, 5) is 0. The maximum Gasteiger partial charge on any atom is 0 e. The zero-order valence-corrected chi connectivity index (χ0v) is 8.58. The molecule has 4 heteroatoms. The Bertz CT molecular complexity index is 8.00. The topological polar surface area (TPSA) is 17.1 Å². The standard InChI is InChI=1S/BO.Bi.Zn/c1-2;;. The molecule has 0 unspecified atom stereocenters. The van der Waals surface area contributed by atoms with E-state index in [1.54, 1.807) is 0 Å². The summed E-state index contributed by atoms with van der Waals surface area (Å²) >= 11 is 0. The predicted molar refractivity (Wildman–Crippen MR) is 12.2 cm³/mol. The summed E-state index contributed by atoms with van der Waals surface area (Å²) in [5.41, 5.74) is 0. The van der Waals surface area contributed by atoms with E-state index < -0.39 is 0 Å². The Hall–Kier alpha value is 1.37. The van der Waals surface area contributed by atoms with Crippen molar-refractivity contribution in [1.29, 1.82) is 0 Å². The Morgan fingerprint density at radius 2 is 1.25 bits per heavy atom. The molecule has 0 heterocycles. The summed E-state index contributed by atoms with van der Waals surface area (Å²) in [6.45, 7) is 0. The third-order valence-corrected chi connectivity index (χ3v) is 0. The van der Waals surface area contributed by atoms with E-state index in [2.05, 4.69) is 7.72 Å². The fraction of sp³-hybridized carbons (Fsp3) is 0. The van der Waals surface area contributed by atoms with Gasteiger partial charge in [0.05, 0.1) is 0 Å². The molecule has 4 radical (unpaired) electrons. The largest absolute Gasteiger partial charge is 0 e. The zero-order valence-electron chi connectivity index (χ0n) is 2.14. The molecule has 16 valence electrons. The maximum atomic E-state index is 7.75. The van der Waals surface area contributed by atoms with Gasteiger partial charge in [0, 0.05) is 45.7 Å². The van der Waals surface area contributed by atoms with Crippen molar-refractivity contribution in [3.8, 4) is 0 Å². The molecule has 0 saturated heterocycles. The molecule has 0 aromatic carbocycles. The van der Waals surface area contributed by atoms with Gasteiger partial charge in [0.2, 0.25) is 0 Å². The van der Waals surface area contributed by atoms with Gasteiger partial charge >= 0.3 is 12.4 Å². The van der Waals surface area contributed by atoms with Crippen molar-refractivity contribution in [3.63, 3.8) is 0 Å². The molecule has 0 fully saturated rings. The van der Waals surface area contributed by atoms with Gasteiger partial charge in [-0.15, -0.1) is 0 Å². The van der Waals surface area contributed by atoms with E-state index in [1.807, 2.05) is 0 Å². The quantitative estimate of drug-likeness (QED) is 0.531. The van der Waals surface area contributed by atoms with Gasteiger partial charge in [-0.2, -0.15) is 0 Å². The monoisotopic (exact) mass is 300 g/mol. The first-order chi connectivity index (χ1) is 1.00. The zero-order chi connectivity index (χ0) is 2.00. The molecule has 0 N–H and O–H groups in total. The number of hydrogen-bond donors (Lipinski definition) is 0. The van der Waals surface area contributed by atoms with Crippen LogP contribution in [0.3, 0.4) is 0 Å². The summed E-state index contributed by atoms with van der Waals surface area (Å²) in [6, 6.07) is 0. The van der Waals surface area contributed by atoms with Crippen molar-refractivity contribution >= 4 is 33.9 Å². The SMILES string of the molecule is [B]=O.[Bi].[Zn]. The van der Waals surface area contributed by atoms with Gasteiger partial charge in [-0.1, -0.05) is 0 Å².